The van der Waals surface area contributed by atoms with Gasteiger partial charge in [-0.05, 0) is 46.8 Å². The quantitative estimate of drug-likeness (QED) is 0.871. The average Bonchev–Trinajstić information content (AvgIpc) is 2.27. The van der Waals surface area contributed by atoms with Crippen molar-refractivity contribution in [2.45, 2.75) is 20.3 Å². The maximum absolute atomic E-state index is 11.3. The van der Waals surface area contributed by atoms with Crippen molar-refractivity contribution in [3.63, 3.8) is 0 Å². The van der Waals surface area contributed by atoms with Crippen molar-refractivity contribution in [3.8, 4) is 0 Å². The van der Waals surface area contributed by atoms with Crippen molar-refractivity contribution in [1.82, 2.24) is 9.71 Å². The molecule has 6 heteroatoms. The van der Waals surface area contributed by atoms with Gasteiger partial charge in [-0.15, -0.1) is 0 Å². The van der Waals surface area contributed by atoms with Crippen LogP contribution >= 0.6 is 15.9 Å². The highest BCUT2D eigenvalue weighted by molar-refractivity contribution is 9.10. The lowest BCUT2D eigenvalue weighted by atomic mass is 10.0. The van der Waals surface area contributed by atoms with Crippen molar-refractivity contribution >= 4 is 26.0 Å². The van der Waals surface area contributed by atoms with Gasteiger partial charge in [0, 0.05) is 23.4 Å². The van der Waals surface area contributed by atoms with E-state index in [1.54, 1.807) is 19.3 Å². The average molecular weight is 321 g/mol. The second-order valence-corrected chi connectivity index (χ2v) is 7.08. The first-order valence-corrected chi connectivity index (χ1v) is 7.94. The number of halogens is 1. The molecule has 0 aliphatic carbocycles. The highest BCUT2D eigenvalue weighted by Crippen LogP contribution is 2.13. The first-order chi connectivity index (χ1) is 7.93. The van der Waals surface area contributed by atoms with Crippen LogP contribution in [-0.2, 0) is 16.4 Å². The molecule has 1 aromatic rings. The fourth-order valence-electron chi connectivity index (χ4n) is 1.41. The Balaban J connectivity index is 2.48. The Hall–Kier alpha value is -0.460. The Bertz CT molecular complexity index is 462. The lowest BCUT2D eigenvalue weighted by Gasteiger charge is -2.12. The van der Waals surface area contributed by atoms with Crippen LogP contribution in [0.15, 0.2) is 22.9 Å². The third kappa shape index (κ3) is 5.61. The smallest absolute Gasteiger partial charge is 0.211 e. The molecule has 4 nitrogen and oxygen atoms in total. The molecule has 1 atom stereocenters. The van der Waals surface area contributed by atoms with Gasteiger partial charge in [0.1, 0.15) is 0 Å². The van der Waals surface area contributed by atoms with Crippen molar-refractivity contribution in [2.75, 3.05) is 12.3 Å². The Labute approximate surface area is 111 Å². The summed E-state index contributed by atoms with van der Waals surface area (Å²) in [5.41, 5.74) is 1.10. The van der Waals surface area contributed by atoms with Gasteiger partial charge in [-0.25, -0.2) is 13.1 Å². The number of aromatic nitrogens is 1. The zero-order valence-corrected chi connectivity index (χ0v) is 12.4. The third-order valence-corrected chi connectivity index (χ3v) is 4.18. The van der Waals surface area contributed by atoms with E-state index in [-0.39, 0.29) is 11.7 Å². The highest BCUT2D eigenvalue weighted by atomic mass is 79.9. The summed E-state index contributed by atoms with van der Waals surface area (Å²) in [5, 5.41) is 0. The SMILES string of the molecule is CCS(=O)(=O)NCC(C)Cc1cncc(Br)c1. The molecule has 0 aromatic carbocycles. The van der Waals surface area contributed by atoms with Gasteiger partial charge in [0.15, 0.2) is 0 Å². The van der Waals surface area contributed by atoms with Gasteiger partial charge in [-0.1, -0.05) is 6.92 Å². The van der Waals surface area contributed by atoms with E-state index in [4.69, 9.17) is 0 Å². The fourth-order valence-corrected chi connectivity index (χ4v) is 2.57. The molecule has 1 rings (SSSR count). The van der Waals surface area contributed by atoms with Crippen LogP contribution in [0.25, 0.3) is 0 Å². The number of nitrogens with one attached hydrogen (secondary N) is 1. The van der Waals surface area contributed by atoms with Gasteiger partial charge in [0.25, 0.3) is 0 Å². The Morgan fingerprint density at radius 3 is 2.76 bits per heavy atom. The Kier molecular flexibility index (Phi) is 5.55. The van der Waals surface area contributed by atoms with Crippen LogP contribution in [0.1, 0.15) is 19.4 Å². The topological polar surface area (TPSA) is 59.1 Å². The van der Waals surface area contributed by atoms with Crippen LogP contribution < -0.4 is 4.72 Å². The summed E-state index contributed by atoms with van der Waals surface area (Å²) in [5.74, 6) is 0.366. The maximum atomic E-state index is 11.3. The second kappa shape index (κ2) is 6.47. The lowest BCUT2D eigenvalue weighted by Crippen LogP contribution is -2.30. The molecule has 0 amide bonds. The van der Waals surface area contributed by atoms with Gasteiger partial charge in [0.05, 0.1) is 5.75 Å². The summed E-state index contributed by atoms with van der Waals surface area (Å²) >= 11 is 3.36. The molecule has 0 spiro atoms. The third-order valence-electron chi connectivity index (χ3n) is 2.38. The summed E-state index contributed by atoms with van der Waals surface area (Å²) in [6.07, 6.45) is 4.34. The molecule has 0 saturated carbocycles. The standard InChI is InChI=1S/C11H17BrN2O2S/c1-3-17(15,16)14-6-9(2)4-10-5-11(12)8-13-7-10/h5,7-9,14H,3-4,6H2,1-2H3. The predicted octanol–water partition coefficient (Wildman–Crippen LogP) is 1.96. The molecular formula is C11H17BrN2O2S. The van der Waals surface area contributed by atoms with Gasteiger partial charge in [-0.3, -0.25) is 4.98 Å². The van der Waals surface area contributed by atoms with E-state index in [9.17, 15) is 8.42 Å². The molecule has 0 aliphatic rings. The molecule has 96 valence electrons. The van der Waals surface area contributed by atoms with E-state index in [1.165, 1.54) is 0 Å². The van der Waals surface area contributed by atoms with Crippen LogP contribution in [0.2, 0.25) is 0 Å². The van der Waals surface area contributed by atoms with Gasteiger partial charge in [0.2, 0.25) is 10.0 Å². The number of hydrogen-bond donors (Lipinski definition) is 1. The molecule has 1 aromatic heterocycles. The molecule has 17 heavy (non-hydrogen) atoms. The molecule has 0 bridgehead atoms. The minimum atomic E-state index is -3.09. The van der Waals surface area contributed by atoms with Crippen molar-refractivity contribution in [3.05, 3.63) is 28.5 Å². The summed E-state index contributed by atoms with van der Waals surface area (Å²) in [7, 11) is -3.09. The number of hydrogen-bond acceptors (Lipinski definition) is 3. The van der Waals surface area contributed by atoms with E-state index in [2.05, 4.69) is 25.6 Å². The van der Waals surface area contributed by atoms with Crippen molar-refractivity contribution < 1.29 is 8.42 Å². The highest BCUT2D eigenvalue weighted by Gasteiger charge is 2.10. The largest absolute Gasteiger partial charge is 0.263 e. The lowest BCUT2D eigenvalue weighted by molar-refractivity contribution is 0.537. The van der Waals surface area contributed by atoms with E-state index < -0.39 is 10.0 Å². The van der Waals surface area contributed by atoms with Crippen LogP contribution in [0.3, 0.4) is 0 Å². The van der Waals surface area contributed by atoms with E-state index in [1.807, 2.05) is 13.0 Å². The maximum Gasteiger partial charge on any atom is 0.211 e. The van der Waals surface area contributed by atoms with E-state index in [0.29, 0.717) is 6.54 Å². The predicted molar refractivity (Wildman–Crippen MR) is 72.3 cm³/mol. The first-order valence-electron chi connectivity index (χ1n) is 5.49. The normalized spacial score (nSPS) is 13.6. The van der Waals surface area contributed by atoms with Gasteiger partial charge >= 0.3 is 0 Å². The number of pyridine rings is 1. The Morgan fingerprint density at radius 2 is 2.18 bits per heavy atom. The van der Waals surface area contributed by atoms with Crippen LogP contribution in [0.4, 0.5) is 0 Å². The van der Waals surface area contributed by atoms with Gasteiger partial charge < -0.3 is 0 Å². The first kappa shape index (κ1) is 14.6. The molecule has 1 unspecified atom stereocenters. The van der Waals surface area contributed by atoms with Gasteiger partial charge in [-0.2, -0.15) is 0 Å². The minimum absolute atomic E-state index is 0.123. The molecule has 0 saturated heterocycles. The summed E-state index contributed by atoms with van der Waals surface area (Å²) in [6.45, 7) is 4.10. The van der Waals surface area contributed by atoms with Crippen LogP contribution in [0.5, 0.6) is 0 Å². The summed E-state index contributed by atoms with van der Waals surface area (Å²) in [4.78, 5) is 4.08. The monoisotopic (exact) mass is 320 g/mol. The molecular weight excluding hydrogens is 304 g/mol. The van der Waals surface area contributed by atoms with E-state index in [0.717, 1.165) is 16.5 Å². The second-order valence-electron chi connectivity index (χ2n) is 4.07. The van der Waals surface area contributed by atoms with Crippen molar-refractivity contribution in [1.29, 1.82) is 0 Å². The molecule has 1 N–H and O–H groups in total. The number of sulfonamides is 1. The zero-order valence-electron chi connectivity index (χ0n) is 9.98. The fraction of sp³-hybridized carbons (Fsp3) is 0.545. The summed E-state index contributed by atoms with van der Waals surface area (Å²) in [6, 6.07) is 2.00. The Morgan fingerprint density at radius 1 is 1.47 bits per heavy atom. The van der Waals surface area contributed by atoms with Crippen LogP contribution in [0, 0.1) is 5.92 Å². The van der Waals surface area contributed by atoms with Crippen molar-refractivity contribution in [2.24, 2.45) is 5.92 Å². The number of rotatable bonds is 6. The zero-order chi connectivity index (χ0) is 12.9. The van der Waals surface area contributed by atoms with Crippen LogP contribution in [-0.4, -0.2) is 25.7 Å². The molecule has 0 aliphatic heterocycles. The number of nitrogens with zero attached hydrogens (tertiary/aromatic N) is 1. The summed E-state index contributed by atoms with van der Waals surface area (Å²) < 4.78 is 26.1. The molecule has 0 fully saturated rings. The molecule has 0 radical (unpaired) electrons. The minimum Gasteiger partial charge on any atom is -0.263 e. The molecule has 1 heterocycles. The van der Waals surface area contributed by atoms with E-state index >= 15 is 0 Å².